The van der Waals surface area contributed by atoms with Gasteiger partial charge < -0.3 is 4.74 Å². The highest BCUT2D eigenvalue weighted by Crippen LogP contribution is 2.61. The zero-order valence-corrected chi connectivity index (χ0v) is 11.9. The molecule has 0 aliphatic heterocycles. The number of esters is 1. The fourth-order valence-corrected chi connectivity index (χ4v) is 5.23. The van der Waals surface area contributed by atoms with Crippen molar-refractivity contribution in [1.29, 1.82) is 0 Å². The van der Waals surface area contributed by atoms with Crippen LogP contribution in [0.4, 0.5) is 0 Å². The second-order valence-corrected chi connectivity index (χ2v) is 6.94. The Hall–Kier alpha value is -0.970. The molecule has 0 unspecified atom stereocenters. The molecule has 0 radical (unpaired) electrons. The van der Waals surface area contributed by atoms with Crippen LogP contribution in [0.15, 0.2) is 0 Å². The van der Waals surface area contributed by atoms with Gasteiger partial charge in [-0.15, -0.1) is 0 Å². The molecule has 2 nitrogen and oxygen atoms in total. The fourth-order valence-electron chi connectivity index (χ4n) is 5.23. The van der Waals surface area contributed by atoms with Crippen LogP contribution in [0, 0.1) is 35.0 Å². The lowest BCUT2D eigenvalue weighted by Crippen LogP contribution is -2.45. The van der Waals surface area contributed by atoms with Crippen molar-refractivity contribution in [2.75, 3.05) is 6.61 Å². The topological polar surface area (TPSA) is 26.3 Å². The van der Waals surface area contributed by atoms with Gasteiger partial charge in [-0.1, -0.05) is 5.92 Å². The van der Waals surface area contributed by atoms with Crippen molar-refractivity contribution in [2.45, 2.75) is 58.3 Å². The molecule has 0 heterocycles. The Balaban J connectivity index is 1.54. The van der Waals surface area contributed by atoms with Crippen molar-refractivity contribution in [3.63, 3.8) is 0 Å². The maximum absolute atomic E-state index is 11.2. The fraction of sp³-hybridized carbons (Fsp3) is 0.824. The number of rotatable bonds is 3. The van der Waals surface area contributed by atoms with Crippen LogP contribution in [0.2, 0.25) is 0 Å². The van der Waals surface area contributed by atoms with E-state index in [-0.39, 0.29) is 5.97 Å². The Bertz CT molecular complexity index is 377. The van der Waals surface area contributed by atoms with Gasteiger partial charge in [0.2, 0.25) is 0 Å². The van der Waals surface area contributed by atoms with Crippen LogP contribution >= 0.6 is 0 Å². The van der Waals surface area contributed by atoms with Gasteiger partial charge in [-0.05, 0) is 75.0 Å². The van der Waals surface area contributed by atoms with Crippen molar-refractivity contribution in [3.8, 4) is 11.8 Å². The first-order valence-electron chi connectivity index (χ1n) is 7.85. The predicted octanol–water partition coefficient (Wildman–Crippen LogP) is 3.55. The number of hydrogen-bond donors (Lipinski definition) is 0. The van der Waals surface area contributed by atoms with E-state index in [0.717, 1.165) is 24.2 Å². The van der Waals surface area contributed by atoms with E-state index in [2.05, 4.69) is 11.8 Å². The molecule has 0 atom stereocenters. The third-order valence-corrected chi connectivity index (χ3v) is 5.41. The van der Waals surface area contributed by atoms with Gasteiger partial charge in [-0.2, -0.15) is 0 Å². The Morgan fingerprint density at radius 2 is 1.74 bits per heavy atom. The molecule has 0 N–H and O–H groups in total. The highest BCUT2D eigenvalue weighted by molar-refractivity contribution is 5.88. The van der Waals surface area contributed by atoms with Gasteiger partial charge >= 0.3 is 5.97 Å². The summed E-state index contributed by atoms with van der Waals surface area (Å²) in [5.41, 5.74) is 0.581. The zero-order valence-electron chi connectivity index (χ0n) is 11.9. The van der Waals surface area contributed by atoms with E-state index in [4.69, 9.17) is 4.74 Å². The predicted molar refractivity (Wildman–Crippen MR) is 74.2 cm³/mol. The lowest BCUT2D eigenvalue weighted by Gasteiger charge is -2.57. The normalized spacial score (nSPS) is 38.7. The van der Waals surface area contributed by atoms with Gasteiger partial charge in [0, 0.05) is 12.3 Å². The van der Waals surface area contributed by atoms with Crippen LogP contribution in [0.1, 0.15) is 58.3 Å². The average molecular weight is 260 g/mol. The van der Waals surface area contributed by atoms with Crippen molar-refractivity contribution >= 4 is 5.97 Å². The van der Waals surface area contributed by atoms with Crippen molar-refractivity contribution in [3.05, 3.63) is 0 Å². The largest absolute Gasteiger partial charge is 0.456 e. The molecule has 4 bridgehead atoms. The minimum absolute atomic E-state index is 0.368. The molecule has 4 saturated carbocycles. The van der Waals surface area contributed by atoms with Gasteiger partial charge in [-0.25, -0.2) is 4.79 Å². The summed E-state index contributed by atoms with van der Waals surface area (Å²) in [5.74, 6) is 8.27. The first-order chi connectivity index (χ1) is 9.19. The SMILES string of the molecule is CCOC(=O)C#CCCC12CC3CC(CC(C3)C1)C2. The number of carbonyl (C=O) groups excluding carboxylic acids is 1. The quantitative estimate of drug-likeness (QED) is 0.441. The molecule has 2 heteroatoms. The summed E-state index contributed by atoms with van der Waals surface area (Å²) in [6, 6.07) is 0. The highest BCUT2D eigenvalue weighted by Gasteiger charge is 2.50. The van der Waals surface area contributed by atoms with E-state index in [1.807, 2.05) is 6.92 Å². The maximum Gasteiger partial charge on any atom is 0.384 e. The molecule has 19 heavy (non-hydrogen) atoms. The highest BCUT2D eigenvalue weighted by atomic mass is 16.5. The Kier molecular flexibility index (Phi) is 3.56. The van der Waals surface area contributed by atoms with Crippen LogP contribution < -0.4 is 0 Å². The first kappa shape index (κ1) is 13.0. The zero-order chi connectivity index (χ0) is 13.3. The van der Waals surface area contributed by atoms with Crippen molar-refractivity contribution < 1.29 is 9.53 Å². The summed E-state index contributed by atoms with van der Waals surface area (Å²) >= 11 is 0. The molecular formula is C17H24O2. The van der Waals surface area contributed by atoms with E-state index >= 15 is 0 Å². The molecule has 0 aromatic carbocycles. The Labute approximate surface area is 116 Å². The standard InChI is InChI=1S/C17H24O2/c1-2-19-16(18)5-3-4-6-17-10-13-7-14(11-17)9-15(8-13)12-17/h13-15H,2,4,6-12H2,1H3. The van der Waals surface area contributed by atoms with Gasteiger partial charge in [-0.3, -0.25) is 0 Å². The second kappa shape index (κ2) is 5.19. The first-order valence-corrected chi connectivity index (χ1v) is 7.85. The minimum Gasteiger partial charge on any atom is -0.456 e. The Morgan fingerprint density at radius 1 is 1.16 bits per heavy atom. The van der Waals surface area contributed by atoms with Gasteiger partial charge in [0.1, 0.15) is 0 Å². The molecule has 104 valence electrons. The van der Waals surface area contributed by atoms with E-state index in [1.165, 1.54) is 44.9 Å². The molecule has 4 aliphatic carbocycles. The van der Waals surface area contributed by atoms with Crippen LogP contribution in [0.5, 0.6) is 0 Å². The molecule has 0 aromatic heterocycles. The number of carbonyl (C=O) groups is 1. The minimum atomic E-state index is -0.368. The van der Waals surface area contributed by atoms with Crippen LogP contribution in [-0.4, -0.2) is 12.6 Å². The summed E-state index contributed by atoms with van der Waals surface area (Å²) in [6.07, 6.45) is 10.8. The molecule has 0 saturated heterocycles. The van der Waals surface area contributed by atoms with E-state index in [0.29, 0.717) is 12.0 Å². The molecule has 0 aromatic rings. The lowest BCUT2D eigenvalue weighted by atomic mass is 9.48. The van der Waals surface area contributed by atoms with Gasteiger partial charge in [0.25, 0.3) is 0 Å². The molecular weight excluding hydrogens is 236 g/mol. The lowest BCUT2D eigenvalue weighted by molar-refractivity contribution is -0.136. The van der Waals surface area contributed by atoms with Crippen molar-refractivity contribution in [1.82, 2.24) is 0 Å². The van der Waals surface area contributed by atoms with Crippen LogP contribution in [0.3, 0.4) is 0 Å². The van der Waals surface area contributed by atoms with Gasteiger partial charge in [0.15, 0.2) is 0 Å². The van der Waals surface area contributed by atoms with E-state index in [1.54, 1.807) is 0 Å². The monoisotopic (exact) mass is 260 g/mol. The molecule has 4 fully saturated rings. The number of hydrogen-bond acceptors (Lipinski definition) is 2. The number of ether oxygens (including phenoxy) is 1. The second-order valence-electron chi connectivity index (χ2n) is 6.94. The summed E-state index contributed by atoms with van der Waals surface area (Å²) in [7, 11) is 0. The van der Waals surface area contributed by atoms with E-state index < -0.39 is 0 Å². The summed E-state index contributed by atoms with van der Waals surface area (Å²) in [5, 5.41) is 0. The summed E-state index contributed by atoms with van der Waals surface area (Å²) in [6.45, 7) is 2.23. The summed E-state index contributed by atoms with van der Waals surface area (Å²) < 4.78 is 4.83. The van der Waals surface area contributed by atoms with Crippen LogP contribution in [-0.2, 0) is 9.53 Å². The molecule has 4 aliphatic rings. The average Bonchev–Trinajstić information content (AvgIpc) is 2.33. The molecule has 0 amide bonds. The maximum atomic E-state index is 11.2. The Morgan fingerprint density at radius 3 is 2.26 bits per heavy atom. The third kappa shape index (κ3) is 2.81. The van der Waals surface area contributed by atoms with Gasteiger partial charge in [0.05, 0.1) is 6.61 Å². The summed E-state index contributed by atoms with van der Waals surface area (Å²) in [4.78, 5) is 11.2. The smallest absolute Gasteiger partial charge is 0.384 e. The van der Waals surface area contributed by atoms with E-state index in [9.17, 15) is 4.79 Å². The van der Waals surface area contributed by atoms with Crippen molar-refractivity contribution in [2.24, 2.45) is 23.2 Å². The molecule has 0 spiro atoms. The van der Waals surface area contributed by atoms with Crippen LogP contribution in [0.25, 0.3) is 0 Å². The molecule has 4 rings (SSSR count). The third-order valence-electron chi connectivity index (χ3n) is 5.41.